The minimum Gasteiger partial charge on any atom is -0.385 e. The van der Waals surface area contributed by atoms with Gasteiger partial charge in [0.25, 0.3) is 0 Å². The van der Waals surface area contributed by atoms with Crippen LogP contribution in [0.3, 0.4) is 0 Å². The number of nitrogens with zero attached hydrogens (tertiary/aromatic N) is 2. The van der Waals surface area contributed by atoms with Crippen molar-refractivity contribution in [3.05, 3.63) is 29.8 Å². The Kier molecular flexibility index (Phi) is 9.15. The molecule has 2 fully saturated rings. The SMILES string of the molecule is COCCCC(=O)NC1CCC(CCN2CCN(c3cccc(C(N)=O)c3)CC2)CC1. The van der Waals surface area contributed by atoms with Crippen molar-refractivity contribution in [2.75, 3.05) is 51.3 Å². The van der Waals surface area contributed by atoms with E-state index >= 15 is 0 Å². The molecule has 1 saturated carbocycles. The number of hydrogen-bond donors (Lipinski definition) is 2. The molecule has 7 nitrogen and oxygen atoms in total. The lowest BCUT2D eigenvalue weighted by Gasteiger charge is -2.37. The molecule has 1 aliphatic heterocycles. The molecule has 0 aromatic heterocycles. The third-order valence-electron chi connectivity index (χ3n) is 6.69. The third-order valence-corrected chi connectivity index (χ3v) is 6.69. The summed E-state index contributed by atoms with van der Waals surface area (Å²) in [5, 5.41) is 3.20. The number of benzene rings is 1. The first kappa shape index (κ1) is 23.5. The number of ether oxygens (including phenoxy) is 1. The Bertz CT molecular complexity index is 711. The van der Waals surface area contributed by atoms with Crippen LogP contribution in [0.25, 0.3) is 0 Å². The Labute approximate surface area is 186 Å². The number of piperazine rings is 1. The molecule has 7 heteroatoms. The van der Waals surface area contributed by atoms with Gasteiger partial charge in [0.15, 0.2) is 0 Å². The highest BCUT2D eigenvalue weighted by Crippen LogP contribution is 2.27. The van der Waals surface area contributed by atoms with E-state index in [9.17, 15) is 9.59 Å². The molecular weight excluding hydrogens is 392 g/mol. The molecule has 0 atom stereocenters. The summed E-state index contributed by atoms with van der Waals surface area (Å²) in [5.41, 5.74) is 7.06. The van der Waals surface area contributed by atoms with Crippen LogP contribution in [0, 0.1) is 5.92 Å². The molecule has 3 N–H and O–H groups in total. The zero-order valence-electron chi connectivity index (χ0n) is 18.9. The largest absolute Gasteiger partial charge is 0.385 e. The second-order valence-electron chi connectivity index (χ2n) is 8.91. The molecular formula is C24H38N4O3. The van der Waals surface area contributed by atoms with Crippen molar-refractivity contribution in [2.24, 2.45) is 11.7 Å². The Morgan fingerprint density at radius 1 is 1.13 bits per heavy atom. The van der Waals surface area contributed by atoms with Gasteiger partial charge in [-0.1, -0.05) is 6.07 Å². The van der Waals surface area contributed by atoms with Crippen LogP contribution in [0.4, 0.5) is 5.69 Å². The first-order chi connectivity index (χ1) is 15.0. The summed E-state index contributed by atoms with van der Waals surface area (Å²) >= 11 is 0. The average molecular weight is 431 g/mol. The number of hydrogen-bond acceptors (Lipinski definition) is 5. The standard InChI is InChI=1S/C24H38N4O3/c1-31-17-3-6-23(29)26-21-9-7-19(8-10-21)11-12-27-13-15-28(16-14-27)22-5-2-4-20(18-22)24(25)30/h2,4-5,18-19,21H,3,6-17H2,1H3,(H2,25,30)(H,26,29). The zero-order chi connectivity index (χ0) is 22.1. The highest BCUT2D eigenvalue weighted by atomic mass is 16.5. The lowest BCUT2D eigenvalue weighted by atomic mass is 9.84. The van der Waals surface area contributed by atoms with Gasteiger partial charge in [0.1, 0.15) is 0 Å². The molecule has 1 aromatic carbocycles. The van der Waals surface area contributed by atoms with Crippen LogP contribution in [0.1, 0.15) is 55.3 Å². The summed E-state index contributed by atoms with van der Waals surface area (Å²) in [6, 6.07) is 7.97. The summed E-state index contributed by atoms with van der Waals surface area (Å²) in [7, 11) is 1.67. The fourth-order valence-electron chi connectivity index (χ4n) is 4.72. The number of carbonyl (C=O) groups is 2. The van der Waals surface area contributed by atoms with E-state index in [0.29, 0.717) is 24.6 Å². The van der Waals surface area contributed by atoms with Gasteiger partial charge in [-0.15, -0.1) is 0 Å². The van der Waals surface area contributed by atoms with Gasteiger partial charge < -0.3 is 20.7 Å². The van der Waals surface area contributed by atoms with E-state index in [1.54, 1.807) is 13.2 Å². The van der Waals surface area contributed by atoms with Crippen molar-refractivity contribution in [3.63, 3.8) is 0 Å². The minimum absolute atomic E-state index is 0.166. The van der Waals surface area contributed by atoms with Gasteiger partial charge in [-0.05, 0) is 69.2 Å². The van der Waals surface area contributed by atoms with Crippen molar-refractivity contribution in [1.82, 2.24) is 10.2 Å². The molecule has 0 radical (unpaired) electrons. The Morgan fingerprint density at radius 3 is 2.55 bits per heavy atom. The van der Waals surface area contributed by atoms with Crippen LogP contribution in [-0.2, 0) is 9.53 Å². The van der Waals surface area contributed by atoms with Gasteiger partial charge in [-0.3, -0.25) is 14.5 Å². The fourth-order valence-corrected chi connectivity index (χ4v) is 4.72. The number of nitrogens with one attached hydrogen (secondary N) is 1. The summed E-state index contributed by atoms with van der Waals surface area (Å²) in [6.45, 7) is 5.84. The molecule has 1 aromatic rings. The molecule has 1 saturated heterocycles. The lowest BCUT2D eigenvalue weighted by Crippen LogP contribution is -2.47. The van der Waals surface area contributed by atoms with Crippen molar-refractivity contribution in [2.45, 2.75) is 51.0 Å². The third kappa shape index (κ3) is 7.51. The first-order valence-electron chi connectivity index (χ1n) is 11.7. The quantitative estimate of drug-likeness (QED) is 0.557. The zero-order valence-corrected chi connectivity index (χ0v) is 18.9. The van der Waals surface area contributed by atoms with Crippen LogP contribution >= 0.6 is 0 Å². The molecule has 0 bridgehead atoms. The highest BCUT2D eigenvalue weighted by Gasteiger charge is 2.24. The smallest absolute Gasteiger partial charge is 0.248 e. The summed E-state index contributed by atoms with van der Waals surface area (Å²) < 4.78 is 5.01. The molecule has 172 valence electrons. The Hall–Kier alpha value is -2.12. The predicted octanol–water partition coefficient (Wildman–Crippen LogP) is 2.40. The van der Waals surface area contributed by atoms with Gasteiger partial charge in [-0.2, -0.15) is 0 Å². The topological polar surface area (TPSA) is 87.9 Å². The van der Waals surface area contributed by atoms with Crippen molar-refractivity contribution >= 4 is 17.5 Å². The Balaban J connectivity index is 1.31. The van der Waals surface area contributed by atoms with Crippen LogP contribution < -0.4 is 16.0 Å². The van der Waals surface area contributed by atoms with Crippen molar-refractivity contribution < 1.29 is 14.3 Å². The normalized spacial score (nSPS) is 22.3. The van der Waals surface area contributed by atoms with Gasteiger partial charge in [0.05, 0.1) is 0 Å². The van der Waals surface area contributed by atoms with Crippen molar-refractivity contribution in [1.29, 1.82) is 0 Å². The van der Waals surface area contributed by atoms with Gasteiger partial charge in [0.2, 0.25) is 11.8 Å². The maximum atomic E-state index is 12.0. The second kappa shape index (κ2) is 12.1. The van der Waals surface area contributed by atoms with E-state index < -0.39 is 0 Å². The van der Waals surface area contributed by atoms with Gasteiger partial charge >= 0.3 is 0 Å². The van der Waals surface area contributed by atoms with E-state index in [2.05, 4.69) is 21.2 Å². The van der Waals surface area contributed by atoms with Crippen LogP contribution in [0.15, 0.2) is 24.3 Å². The van der Waals surface area contributed by atoms with Crippen LogP contribution in [0.2, 0.25) is 0 Å². The predicted molar refractivity (Wildman–Crippen MR) is 123 cm³/mol. The molecule has 3 rings (SSSR count). The number of nitrogens with two attached hydrogens (primary N) is 1. The number of primary amides is 1. The monoisotopic (exact) mass is 430 g/mol. The van der Waals surface area contributed by atoms with E-state index in [-0.39, 0.29) is 11.8 Å². The van der Waals surface area contributed by atoms with Crippen LogP contribution in [0.5, 0.6) is 0 Å². The summed E-state index contributed by atoms with van der Waals surface area (Å²) in [5.74, 6) is 0.563. The number of amides is 2. The van der Waals surface area contributed by atoms with E-state index in [0.717, 1.165) is 63.6 Å². The second-order valence-corrected chi connectivity index (χ2v) is 8.91. The number of rotatable bonds is 10. The fraction of sp³-hybridized carbons (Fsp3) is 0.667. The summed E-state index contributed by atoms with van der Waals surface area (Å²) in [4.78, 5) is 28.3. The molecule has 0 unspecified atom stereocenters. The molecule has 1 heterocycles. The summed E-state index contributed by atoms with van der Waals surface area (Å²) in [6.07, 6.45) is 7.22. The van der Waals surface area contributed by atoms with E-state index in [4.69, 9.17) is 10.5 Å². The van der Waals surface area contributed by atoms with E-state index in [1.165, 1.54) is 19.3 Å². The molecule has 0 spiro atoms. The lowest BCUT2D eigenvalue weighted by molar-refractivity contribution is -0.122. The molecule has 1 aliphatic carbocycles. The first-order valence-corrected chi connectivity index (χ1v) is 11.7. The van der Waals surface area contributed by atoms with Crippen molar-refractivity contribution in [3.8, 4) is 0 Å². The number of methoxy groups -OCH3 is 1. The minimum atomic E-state index is -0.374. The molecule has 31 heavy (non-hydrogen) atoms. The van der Waals surface area contributed by atoms with Crippen LogP contribution in [-0.4, -0.2) is 69.2 Å². The number of carbonyl (C=O) groups excluding carboxylic acids is 2. The number of anilines is 1. The average Bonchev–Trinajstić information content (AvgIpc) is 2.79. The molecule has 2 amide bonds. The highest BCUT2D eigenvalue weighted by molar-refractivity contribution is 5.93. The van der Waals surface area contributed by atoms with Gasteiger partial charge in [-0.25, -0.2) is 0 Å². The maximum absolute atomic E-state index is 12.0. The molecule has 2 aliphatic rings. The Morgan fingerprint density at radius 2 is 1.87 bits per heavy atom. The maximum Gasteiger partial charge on any atom is 0.248 e. The van der Waals surface area contributed by atoms with Gasteiger partial charge in [0, 0.05) is 63.6 Å². The van der Waals surface area contributed by atoms with E-state index in [1.807, 2.05) is 12.1 Å².